The van der Waals surface area contributed by atoms with E-state index in [-0.39, 0.29) is 11.3 Å². The molecule has 0 aliphatic heterocycles. The third kappa shape index (κ3) is 3.47. The molecule has 1 aromatic rings. The number of benzene rings is 1. The molecular formula is C14H22N2O2. The molecule has 0 aliphatic carbocycles. The summed E-state index contributed by atoms with van der Waals surface area (Å²) < 4.78 is 5.24. The molecule has 0 aliphatic rings. The maximum atomic E-state index is 12.0. The topological polar surface area (TPSA) is 64.3 Å². The van der Waals surface area contributed by atoms with E-state index in [0.29, 0.717) is 11.4 Å². The highest BCUT2D eigenvalue weighted by molar-refractivity contribution is 5.96. The first kappa shape index (κ1) is 14.5. The maximum absolute atomic E-state index is 12.0. The van der Waals surface area contributed by atoms with Gasteiger partial charge in [0.2, 0.25) is 5.91 Å². The minimum absolute atomic E-state index is 0.204. The van der Waals surface area contributed by atoms with Crippen LogP contribution in [0.5, 0.6) is 5.75 Å². The Kier molecular flexibility index (Phi) is 4.35. The molecule has 1 aromatic carbocycles. The number of nitrogens with two attached hydrogens (primary N) is 1. The summed E-state index contributed by atoms with van der Waals surface area (Å²) in [4.78, 5) is 12.0. The Labute approximate surface area is 109 Å². The van der Waals surface area contributed by atoms with Crippen molar-refractivity contribution in [3.05, 3.63) is 23.8 Å². The van der Waals surface area contributed by atoms with Gasteiger partial charge in [0.25, 0.3) is 0 Å². The van der Waals surface area contributed by atoms with E-state index in [1.54, 1.807) is 7.11 Å². The van der Waals surface area contributed by atoms with Gasteiger partial charge in [-0.05, 0) is 30.0 Å². The molecule has 0 aromatic heterocycles. The number of nitrogens with one attached hydrogen (secondary N) is 1. The Morgan fingerprint density at radius 1 is 1.39 bits per heavy atom. The molecule has 4 nitrogen and oxygen atoms in total. The van der Waals surface area contributed by atoms with Crippen LogP contribution in [-0.2, 0) is 4.79 Å². The summed E-state index contributed by atoms with van der Waals surface area (Å²) in [5.74, 6) is 0.439. The molecule has 1 rings (SSSR count). The normalized spacial score (nSPS) is 13.0. The number of aryl methyl sites for hydroxylation is 1. The molecule has 3 N–H and O–H groups in total. The van der Waals surface area contributed by atoms with Crippen LogP contribution < -0.4 is 15.8 Å². The number of methoxy groups -OCH3 is 1. The molecule has 0 bridgehead atoms. The zero-order chi connectivity index (χ0) is 13.9. The number of hydrogen-bond acceptors (Lipinski definition) is 3. The second kappa shape index (κ2) is 5.40. The summed E-state index contributed by atoms with van der Waals surface area (Å²) in [5.41, 5.74) is 7.36. The summed E-state index contributed by atoms with van der Waals surface area (Å²) in [5, 5.41) is 2.81. The number of ether oxygens (including phenoxy) is 1. The van der Waals surface area contributed by atoms with E-state index in [9.17, 15) is 4.79 Å². The van der Waals surface area contributed by atoms with Gasteiger partial charge >= 0.3 is 0 Å². The molecule has 18 heavy (non-hydrogen) atoms. The van der Waals surface area contributed by atoms with Crippen molar-refractivity contribution >= 4 is 11.6 Å². The van der Waals surface area contributed by atoms with Gasteiger partial charge in [-0.15, -0.1) is 0 Å². The van der Waals surface area contributed by atoms with Gasteiger partial charge in [0, 0.05) is 0 Å². The van der Waals surface area contributed by atoms with Gasteiger partial charge in [-0.3, -0.25) is 4.79 Å². The summed E-state index contributed by atoms with van der Waals surface area (Å²) in [7, 11) is 1.58. The van der Waals surface area contributed by atoms with Crippen molar-refractivity contribution < 1.29 is 9.53 Å². The average Bonchev–Trinajstić information content (AvgIpc) is 2.29. The number of amides is 1. The van der Waals surface area contributed by atoms with Crippen LogP contribution in [0.1, 0.15) is 26.3 Å². The molecular weight excluding hydrogens is 228 g/mol. The van der Waals surface area contributed by atoms with Crippen molar-refractivity contribution in [2.24, 2.45) is 11.1 Å². The van der Waals surface area contributed by atoms with Crippen LogP contribution >= 0.6 is 0 Å². The lowest BCUT2D eigenvalue weighted by atomic mass is 9.87. The second-order valence-electron chi connectivity index (χ2n) is 5.54. The second-order valence-corrected chi connectivity index (χ2v) is 5.54. The molecule has 1 atom stereocenters. The van der Waals surface area contributed by atoms with Crippen LogP contribution in [0.2, 0.25) is 0 Å². The molecule has 0 heterocycles. The number of carbonyl (C=O) groups excluding carboxylic acids is 1. The standard InChI is InChI=1S/C14H22N2O2/c1-9-6-7-10(11(8-9)18-5)16-13(17)12(15)14(2,3)4/h6-8,12H,15H2,1-5H3,(H,16,17)/t12-/m1/s1. The van der Waals surface area contributed by atoms with Crippen molar-refractivity contribution in [1.29, 1.82) is 0 Å². The lowest BCUT2D eigenvalue weighted by molar-refractivity contribution is -0.119. The highest BCUT2D eigenvalue weighted by Crippen LogP contribution is 2.26. The van der Waals surface area contributed by atoms with E-state index < -0.39 is 6.04 Å². The highest BCUT2D eigenvalue weighted by Gasteiger charge is 2.27. The van der Waals surface area contributed by atoms with Crippen LogP contribution in [0.25, 0.3) is 0 Å². The summed E-state index contributed by atoms with van der Waals surface area (Å²) in [6.07, 6.45) is 0. The van der Waals surface area contributed by atoms with Gasteiger partial charge < -0.3 is 15.8 Å². The third-order valence-corrected chi connectivity index (χ3v) is 2.83. The fourth-order valence-electron chi connectivity index (χ4n) is 1.51. The summed E-state index contributed by atoms with van der Waals surface area (Å²) in [6.45, 7) is 7.77. The Morgan fingerprint density at radius 2 is 2.00 bits per heavy atom. The Hall–Kier alpha value is -1.55. The minimum Gasteiger partial charge on any atom is -0.495 e. The Morgan fingerprint density at radius 3 is 2.50 bits per heavy atom. The van der Waals surface area contributed by atoms with Gasteiger partial charge in [-0.2, -0.15) is 0 Å². The van der Waals surface area contributed by atoms with E-state index >= 15 is 0 Å². The van der Waals surface area contributed by atoms with E-state index in [4.69, 9.17) is 10.5 Å². The lowest BCUT2D eigenvalue weighted by Gasteiger charge is -2.26. The monoisotopic (exact) mass is 250 g/mol. The number of rotatable bonds is 3. The van der Waals surface area contributed by atoms with Crippen LogP contribution in [0.15, 0.2) is 18.2 Å². The van der Waals surface area contributed by atoms with E-state index in [1.807, 2.05) is 45.9 Å². The maximum Gasteiger partial charge on any atom is 0.241 e. The van der Waals surface area contributed by atoms with Crippen molar-refractivity contribution in [2.45, 2.75) is 33.7 Å². The molecule has 0 spiro atoms. The van der Waals surface area contributed by atoms with Gasteiger partial charge in [0.1, 0.15) is 5.75 Å². The predicted molar refractivity (Wildman–Crippen MR) is 73.8 cm³/mol. The van der Waals surface area contributed by atoms with Crippen molar-refractivity contribution in [3.63, 3.8) is 0 Å². The van der Waals surface area contributed by atoms with Gasteiger partial charge in [0.05, 0.1) is 18.8 Å². The molecule has 4 heteroatoms. The minimum atomic E-state index is -0.566. The average molecular weight is 250 g/mol. The predicted octanol–water partition coefficient (Wildman–Crippen LogP) is 2.32. The molecule has 0 saturated carbocycles. The van der Waals surface area contributed by atoms with Crippen LogP contribution in [0.4, 0.5) is 5.69 Å². The van der Waals surface area contributed by atoms with Gasteiger partial charge in [0.15, 0.2) is 0 Å². The zero-order valence-corrected chi connectivity index (χ0v) is 11.7. The largest absolute Gasteiger partial charge is 0.495 e. The van der Waals surface area contributed by atoms with Crippen LogP contribution in [0.3, 0.4) is 0 Å². The Bertz CT molecular complexity index is 436. The highest BCUT2D eigenvalue weighted by atomic mass is 16.5. The summed E-state index contributed by atoms with van der Waals surface area (Å²) >= 11 is 0. The van der Waals surface area contributed by atoms with Crippen molar-refractivity contribution in [3.8, 4) is 5.75 Å². The van der Waals surface area contributed by atoms with Crippen molar-refractivity contribution in [2.75, 3.05) is 12.4 Å². The first-order chi connectivity index (χ1) is 8.25. The lowest BCUT2D eigenvalue weighted by Crippen LogP contribution is -2.45. The van der Waals surface area contributed by atoms with E-state index in [2.05, 4.69) is 5.32 Å². The smallest absolute Gasteiger partial charge is 0.241 e. The van der Waals surface area contributed by atoms with E-state index in [0.717, 1.165) is 5.56 Å². The van der Waals surface area contributed by atoms with Crippen LogP contribution in [0, 0.1) is 12.3 Å². The number of anilines is 1. The number of carbonyl (C=O) groups is 1. The molecule has 0 saturated heterocycles. The molecule has 0 fully saturated rings. The third-order valence-electron chi connectivity index (χ3n) is 2.83. The van der Waals surface area contributed by atoms with Gasteiger partial charge in [-0.25, -0.2) is 0 Å². The molecule has 0 radical (unpaired) electrons. The van der Waals surface area contributed by atoms with Gasteiger partial charge in [-0.1, -0.05) is 26.8 Å². The fourth-order valence-corrected chi connectivity index (χ4v) is 1.51. The summed E-state index contributed by atoms with van der Waals surface area (Å²) in [6, 6.07) is 5.05. The van der Waals surface area contributed by atoms with Crippen molar-refractivity contribution in [1.82, 2.24) is 0 Å². The first-order valence-electron chi connectivity index (χ1n) is 5.97. The first-order valence-corrected chi connectivity index (χ1v) is 5.97. The quantitative estimate of drug-likeness (QED) is 0.865. The molecule has 1 amide bonds. The zero-order valence-electron chi connectivity index (χ0n) is 11.7. The van der Waals surface area contributed by atoms with E-state index in [1.165, 1.54) is 0 Å². The molecule has 100 valence electrons. The number of hydrogen-bond donors (Lipinski definition) is 2. The SMILES string of the molecule is COc1cc(C)ccc1NC(=O)[C@@H](N)C(C)(C)C. The molecule has 0 unspecified atom stereocenters. The van der Waals surface area contributed by atoms with Crippen LogP contribution in [-0.4, -0.2) is 19.1 Å². The fraction of sp³-hybridized carbons (Fsp3) is 0.500. The Balaban J connectivity index is 2.88.